The molecule has 0 N–H and O–H groups in total. The Morgan fingerprint density at radius 1 is 1.10 bits per heavy atom. The fourth-order valence-corrected chi connectivity index (χ4v) is 5.36. The van der Waals surface area contributed by atoms with Crippen LogP contribution in [0.1, 0.15) is 42.7 Å². The lowest BCUT2D eigenvalue weighted by atomic mass is 9.75. The minimum Gasteiger partial charge on any atom is -0.468 e. The zero-order valence-electron chi connectivity index (χ0n) is 23.8. The monoisotopic (exact) mass is 558 g/mol. The van der Waals surface area contributed by atoms with E-state index in [0.717, 1.165) is 11.3 Å². The highest BCUT2D eigenvalue weighted by Gasteiger charge is 2.43. The molecule has 10 heteroatoms. The smallest absolute Gasteiger partial charge is 0.337 e. The predicted molar refractivity (Wildman–Crippen MR) is 154 cm³/mol. The summed E-state index contributed by atoms with van der Waals surface area (Å²) in [5, 5.41) is 11.6. The van der Waals surface area contributed by atoms with E-state index in [1.165, 1.54) is 25.3 Å². The molecule has 1 aromatic heterocycles. The molecule has 0 amide bonds. The Hall–Kier alpha value is -4.57. The summed E-state index contributed by atoms with van der Waals surface area (Å²) in [7, 11) is 5.09. The molecule has 2 heterocycles. The van der Waals surface area contributed by atoms with E-state index in [1.807, 2.05) is 67.3 Å². The molecule has 0 saturated carbocycles. The third kappa shape index (κ3) is 6.60. The van der Waals surface area contributed by atoms with Gasteiger partial charge in [-0.15, -0.1) is 0 Å². The number of methoxy groups -OCH3 is 1. The maximum absolute atomic E-state index is 14.1. The number of hydrogen-bond donors (Lipinski definition) is 0. The summed E-state index contributed by atoms with van der Waals surface area (Å²) in [5.41, 5.74) is 3.18. The number of nitro groups is 1. The van der Waals surface area contributed by atoms with Gasteiger partial charge in [0.2, 0.25) is 0 Å². The Morgan fingerprint density at radius 3 is 2.46 bits per heavy atom. The van der Waals surface area contributed by atoms with Crippen LogP contribution in [0.4, 0.5) is 5.69 Å². The van der Waals surface area contributed by atoms with Crippen LogP contribution in [0.15, 0.2) is 89.2 Å². The fraction of sp³-hybridized carbons (Fsp3) is 0.323. The van der Waals surface area contributed by atoms with E-state index < -0.39 is 34.8 Å². The second kappa shape index (κ2) is 12.7. The van der Waals surface area contributed by atoms with Gasteiger partial charge in [-0.05, 0) is 44.2 Å². The Labute approximate surface area is 239 Å². The number of aryl methyl sites for hydroxylation is 1. The lowest BCUT2D eigenvalue weighted by molar-refractivity contribution is -0.384. The predicted octanol–water partition coefficient (Wildman–Crippen LogP) is 4.97. The number of likely N-dealkylation sites (N-methyl/N-ethyl adjacent to an activating group) is 1. The summed E-state index contributed by atoms with van der Waals surface area (Å²) in [6.45, 7) is 4.40. The normalized spacial score (nSPS) is 17.7. The van der Waals surface area contributed by atoms with Crippen molar-refractivity contribution in [3.05, 3.63) is 111 Å². The van der Waals surface area contributed by atoms with E-state index >= 15 is 0 Å². The van der Waals surface area contributed by atoms with Crippen LogP contribution in [0.2, 0.25) is 0 Å². The minimum atomic E-state index is -0.956. The van der Waals surface area contributed by atoms with Crippen LogP contribution in [0, 0.1) is 16.0 Å². The van der Waals surface area contributed by atoms with Crippen LogP contribution in [0.25, 0.3) is 0 Å². The lowest BCUT2D eigenvalue weighted by Crippen LogP contribution is -2.37. The number of non-ortho nitro benzene ring substituents is 1. The van der Waals surface area contributed by atoms with Gasteiger partial charge in [0.25, 0.3) is 5.69 Å². The molecule has 4 rings (SSSR count). The van der Waals surface area contributed by atoms with Crippen molar-refractivity contribution in [2.45, 2.75) is 32.4 Å². The average Bonchev–Trinajstić information content (AvgIpc) is 3.38. The third-order valence-electron chi connectivity index (χ3n) is 7.28. The Balaban J connectivity index is 1.72. The molecule has 2 aromatic carbocycles. The largest absolute Gasteiger partial charge is 0.468 e. The molecular weight excluding hydrogens is 524 g/mol. The first-order valence-electron chi connectivity index (χ1n) is 13.2. The van der Waals surface area contributed by atoms with Gasteiger partial charge in [0.05, 0.1) is 23.3 Å². The summed E-state index contributed by atoms with van der Waals surface area (Å²) >= 11 is 0. The van der Waals surface area contributed by atoms with E-state index in [0.29, 0.717) is 30.1 Å². The van der Waals surface area contributed by atoms with Gasteiger partial charge < -0.3 is 14.0 Å². The van der Waals surface area contributed by atoms with Gasteiger partial charge in [0.15, 0.2) is 6.10 Å². The van der Waals surface area contributed by atoms with Crippen molar-refractivity contribution >= 4 is 23.3 Å². The van der Waals surface area contributed by atoms with Crippen molar-refractivity contribution in [3.63, 3.8) is 0 Å². The van der Waals surface area contributed by atoms with E-state index in [2.05, 4.69) is 9.89 Å². The number of rotatable bonds is 10. The number of allylic oxidation sites excluding steroid dienone is 1. The quantitative estimate of drug-likeness (QED) is 0.196. The topological polar surface area (TPSA) is 116 Å². The molecule has 0 radical (unpaired) electrons. The molecule has 0 fully saturated rings. The maximum atomic E-state index is 14.1. The number of ether oxygens (including phenoxy) is 2. The molecule has 3 unspecified atom stereocenters. The van der Waals surface area contributed by atoms with Gasteiger partial charge in [-0.2, -0.15) is 0 Å². The first-order valence-corrected chi connectivity index (χ1v) is 13.2. The molecular formula is C31H34N4O6. The van der Waals surface area contributed by atoms with Crippen LogP contribution in [-0.4, -0.2) is 52.7 Å². The second-order valence-corrected chi connectivity index (χ2v) is 10.2. The number of aromatic nitrogens is 1. The van der Waals surface area contributed by atoms with Gasteiger partial charge in [0.1, 0.15) is 5.92 Å². The van der Waals surface area contributed by atoms with Crippen LogP contribution in [0.3, 0.4) is 0 Å². The van der Waals surface area contributed by atoms with E-state index in [-0.39, 0.29) is 11.3 Å². The Morgan fingerprint density at radius 2 is 1.83 bits per heavy atom. The Bertz CT molecular complexity index is 1490. The number of aliphatic imine (C=N–C) groups is 1. The molecule has 3 atom stereocenters. The van der Waals surface area contributed by atoms with Crippen molar-refractivity contribution < 1.29 is 24.0 Å². The van der Waals surface area contributed by atoms with E-state index in [9.17, 15) is 19.7 Å². The summed E-state index contributed by atoms with van der Waals surface area (Å²) in [5.74, 6) is -3.09. The highest BCUT2D eigenvalue weighted by Crippen LogP contribution is 2.41. The highest BCUT2D eigenvalue weighted by atomic mass is 16.6. The number of nitro benzene ring substituents is 1. The van der Waals surface area contributed by atoms with Crippen LogP contribution in [0.5, 0.6) is 0 Å². The lowest BCUT2D eigenvalue weighted by Gasteiger charge is -2.32. The molecule has 214 valence electrons. The molecule has 3 aromatic rings. The second-order valence-electron chi connectivity index (χ2n) is 10.2. The van der Waals surface area contributed by atoms with Gasteiger partial charge in [0, 0.05) is 55.8 Å². The van der Waals surface area contributed by atoms with Crippen molar-refractivity contribution in [2.75, 3.05) is 20.7 Å². The zero-order chi connectivity index (χ0) is 29.7. The summed E-state index contributed by atoms with van der Waals surface area (Å²) in [4.78, 5) is 44.7. The number of esters is 2. The van der Waals surface area contributed by atoms with Crippen molar-refractivity contribution in [2.24, 2.45) is 18.0 Å². The minimum absolute atomic E-state index is 0.152. The van der Waals surface area contributed by atoms with Crippen LogP contribution in [-0.2, 0) is 32.7 Å². The molecule has 0 saturated heterocycles. The van der Waals surface area contributed by atoms with Gasteiger partial charge in [-0.25, -0.2) is 4.79 Å². The van der Waals surface area contributed by atoms with Crippen molar-refractivity contribution in [3.8, 4) is 0 Å². The van der Waals surface area contributed by atoms with E-state index in [1.54, 1.807) is 19.9 Å². The van der Waals surface area contributed by atoms with Crippen LogP contribution >= 0.6 is 0 Å². The average molecular weight is 559 g/mol. The van der Waals surface area contributed by atoms with Crippen molar-refractivity contribution in [1.29, 1.82) is 0 Å². The highest BCUT2D eigenvalue weighted by molar-refractivity contribution is 6.07. The van der Waals surface area contributed by atoms with E-state index in [4.69, 9.17) is 9.47 Å². The first-order chi connectivity index (χ1) is 19.6. The maximum Gasteiger partial charge on any atom is 0.337 e. The summed E-state index contributed by atoms with van der Waals surface area (Å²) in [6, 6.07) is 19.7. The number of carbonyl (C=O) groups is 2. The molecule has 0 spiro atoms. The fourth-order valence-electron chi connectivity index (χ4n) is 5.36. The summed E-state index contributed by atoms with van der Waals surface area (Å²) < 4.78 is 13.2. The molecule has 1 aliphatic rings. The van der Waals surface area contributed by atoms with Gasteiger partial charge in [-0.1, -0.05) is 42.5 Å². The first kappa shape index (κ1) is 29.4. The Kier molecular flexibility index (Phi) is 9.14. The van der Waals surface area contributed by atoms with Gasteiger partial charge in [-0.3, -0.25) is 24.8 Å². The molecule has 0 aliphatic carbocycles. The SMILES string of the molecule is COC(=O)C1C(C)=NC(C)=C(C(=O)OC(CN(C)Cc2ccccc2)c2cccn2C)C1c1cccc([N+](=O)[O-])c1. The molecule has 1 aliphatic heterocycles. The number of nitrogens with zero attached hydrogens (tertiary/aromatic N) is 4. The summed E-state index contributed by atoms with van der Waals surface area (Å²) in [6.07, 6.45) is 1.23. The zero-order valence-corrected chi connectivity index (χ0v) is 23.8. The number of benzene rings is 2. The molecule has 41 heavy (non-hydrogen) atoms. The van der Waals surface area contributed by atoms with Crippen LogP contribution < -0.4 is 0 Å². The number of hydrogen-bond acceptors (Lipinski definition) is 8. The van der Waals surface area contributed by atoms with Crippen molar-refractivity contribution in [1.82, 2.24) is 9.47 Å². The number of carbonyl (C=O) groups excluding carboxylic acids is 2. The molecule has 0 bridgehead atoms. The molecule has 10 nitrogen and oxygen atoms in total. The van der Waals surface area contributed by atoms with Gasteiger partial charge >= 0.3 is 11.9 Å². The third-order valence-corrected chi connectivity index (χ3v) is 7.28. The standard InChI is InChI=1S/C31H34N4O6/c1-20-27(30(36)40-5)29(23-13-9-14-24(17-23)35(38)39)28(21(2)32-20)31(37)41-26(25-15-10-16-34(25)4)19-33(3)18-22-11-7-6-8-12-22/h6-17,26-27,29H,18-19H2,1-5H3.